The summed E-state index contributed by atoms with van der Waals surface area (Å²) in [5, 5.41) is 4.18. The third kappa shape index (κ3) is 8.02. The average molecular weight is 807 g/mol. The lowest BCUT2D eigenvalue weighted by atomic mass is 10.0. The van der Waals surface area contributed by atoms with Crippen LogP contribution in [0.4, 0.5) is 0 Å². The second-order valence-corrected chi connectivity index (χ2v) is 20.0. The van der Waals surface area contributed by atoms with Crippen molar-refractivity contribution in [2.45, 2.75) is 6.04 Å². The summed E-state index contributed by atoms with van der Waals surface area (Å²) < 4.78 is 0. The van der Waals surface area contributed by atoms with Gasteiger partial charge in [0.05, 0.1) is 0 Å². The molecule has 294 valence electrons. The van der Waals surface area contributed by atoms with Gasteiger partial charge in [0.2, 0.25) is 0 Å². The molecule has 0 N–H and O–H groups in total. The van der Waals surface area contributed by atoms with E-state index < -0.39 is 8.07 Å². The zero-order chi connectivity index (χ0) is 41.6. The van der Waals surface area contributed by atoms with Crippen molar-refractivity contribution in [1.29, 1.82) is 0 Å². The van der Waals surface area contributed by atoms with Gasteiger partial charge in [-0.25, -0.2) is 0 Å². The molecule has 1 heteroatoms. The lowest BCUT2D eigenvalue weighted by Crippen LogP contribution is -2.68. The van der Waals surface area contributed by atoms with Crippen LogP contribution in [0.1, 0.15) is 5.56 Å². The third-order valence-corrected chi connectivity index (χ3v) is 17.3. The Bertz CT molecular complexity index is 2670. The first-order valence-corrected chi connectivity index (χ1v) is 23.7. The van der Waals surface area contributed by atoms with Crippen molar-refractivity contribution in [2.24, 2.45) is 0 Å². The Morgan fingerprint density at radius 2 is 0.355 bits per heavy atom. The van der Waals surface area contributed by atoms with Gasteiger partial charge in [0.25, 0.3) is 0 Å². The van der Waals surface area contributed by atoms with Crippen LogP contribution in [0.15, 0.2) is 267 Å². The maximum absolute atomic E-state index is 2.70. The monoisotopic (exact) mass is 806 g/mol. The fourth-order valence-electron chi connectivity index (χ4n) is 9.01. The molecule has 0 fully saturated rings. The van der Waals surface area contributed by atoms with Gasteiger partial charge in [-0.2, -0.15) is 0 Å². The highest BCUT2D eigenvalue weighted by atomic mass is 28.3. The van der Waals surface area contributed by atoms with Crippen molar-refractivity contribution in [3.8, 4) is 66.8 Å². The van der Waals surface area contributed by atoms with Gasteiger partial charge >= 0.3 is 0 Å². The highest BCUT2D eigenvalue weighted by Crippen LogP contribution is 2.29. The molecule has 0 aliphatic carbocycles. The molecule has 10 aromatic carbocycles. The molecule has 0 atom stereocenters. The number of rotatable bonds is 11. The average Bonchev–Trinajstić information content (AvgIpc) is 3.37. The smallest absolute Gasteiger partial charge is 0.0622 e. The molecular weight excluding hydrogens is 761 g/mol. The Morgan fingerprint density at radius 3 is 0.581 bits per heavy atom. The molecule has 0 aliphatic rings. The molecule has 0 heterocycles. The minimum Gasteiger partial charge on any atom is -0.0622 e. The van der Waals surface area contributed by atoms with Crippen LogP contribution in [-0.2, 0) is 6.04 Å². The molecule has 0 radical (unpaired) electrons. The van der Waals surface area contributed by atoms with Crippen molar-refractivity contribution in [1.82, 2.24) is 0 Å². The van der Waals surface area contributed by atoms with Crippen LogP contribution in [0.3, 0.4) is 0 Å². The fourth-order valence-corrected chi connectivity index (χ4v) is 13.7. The van der Waals surface area contributed by atoms with Crippen molar-refractivity contribution < 1.29 is 0 Å². The minimum atomic E-state index is -2.70. The zero-order valence-corrected chi connectivity index (χ0v) is 35.6. The molecule has 62 heavy (non-hydrogen) atoms. The molecule has 0 aliphatic heterocycles. The summed E-state index contributed by atoms with van der Waals surface area (Å²) in [6.07, 6.45) is 0. The molecule has 0 amide bonds. The van der Waals surface area contributed by atoms with Gasteiger partial charge in [0, 0.05) is 0 Å². The molecule has 0 aromatic heterocycles. The first-order valence-electron chi connectivity index (χ1n) is 21.5. The van der Waals surface area contributed by atoms with Crippen molar-refractivity contribution >= 4 is 23.6 Å². The Labute approximate surface area is 367 Å². The van der Waals surface area contributed by atoms with E-state index in [9.17, 15) is 0 Å². The van der Waals surface area contributed by atoms with E-state index in [2.05, 4.69) is 267 Å². The van der Waals surface area contributed by atoms with Crippen LogP contribution in [-0.4, -0.2) is 8.07 Å². The quantitative estimate of drug-likeness (QED) is 0.0902. The third-order valence-electron chi connectivity index (χ3n) is 12.4. The van der Waals surface area contributed by atoms with E-state index in [1.807, 2.05) is 0 Å². The van der Waals surface area contributed by atoms with E-state index >= 15 is 0 Å². The molecule has 0 saturated carbocycles. The summed E-state index contributed by atoms with van der Waals surface area (Å²) in [5.41, 5.74) is 16.1. The Kier molecular flexibility index (Phi) is 10.9. The van der Waals surface area contributed by atoms with Gasteiger partial charge in [-0.1, -0.05) is 267 Å². The maximum Gasteiger partial charge on any atom is 0.152 e. The summed E-state index contributed by atoms with van der Waals surface area (Å²) in [4.78, 5) is 0. The minimum absolute atomic E-state index is 0.940. The van der Waals surface area contributed by atoms with Gasteiger partial charge in [-0.15, -0.1) is 0 Å². The molecule has 0 spiro atoms. The second kappa shape index (κ2) is 17.6. The van der Waals surface area contributed by atoms with Crippen LogP contribution in [0.5, 0.6) is 0 Å². The van der Waals surface area contributed by atoms with E-state index in [-0.39, 0.29) is 0 Å². The first kappa shape index (κ1) is 38.6. The van der Waals surface area contributed by atoms with Crippen molar-refractivity contribution in [3.05, 3.63) is 272 Å². The molecule has 0 unspecified atom stereocenters. The van der Waals surface area contributed by atoms with Gasteiger partial charge in [-0.3, -0.25) is 0 Å². The van der Waals surface area contributed by atoms with Crippen molar-refractivity contribution in [3.63, 3.8) is 0 Å². The van der Waals surface area contributed by atoms with Crippen LogP contribution in [0.25, 0.3) is 66.8 Å². The highest BCUT2D eigenvalue weighted by molar-refractivity contribution is 7.11. The molecule has 10 aromatic rings. The molecule has 0 nitrogen and oxygen atoms in total. The maximum atomic E-state index is 2.42. The zero-order valence-electron chi connectivity index (χ0n) is 34.6. The Hall–Kier alpha value is -7.58. The summed E-state index contributed by atoms with van der Waals surface area (Å²) in [6, 6.07) is 99.3. The topological polar surface area (TPSA) is 0 Å². The van der Waals surface area contributed by atoms with Gasteiger partial charge < -0.3 is 0 Å². The van der Waals surface area contributed by atoms with E-state index in [1.165, 1.54) is 87.9 Å². The molecular formula is C61H46Si. The molecule has 10 rings (SSSR count). The lowest BCUT2D eigenvalue weighted by molar-refractivity contribution is 1.35. The largest absolute Gasteiger partial charge is 0.152 e. The van der Waals surface area contributed by atoms with Crippen LogP contribution in [0, 0.1) is 0 Å². The first-order chi connectivity index (χ1) is 30.7. The molecule has 0 bridgehead atoms. The SMILES string of the molecule is c1ccc(C[Si](c2ccc(-c3ccc(-c4ccccc4)cc3)cc2)(c2ccc(-c3ccc(-c4ccccc4)cc3)cc2)c2ccc(-c3ccc(-c4ccccc4)cc3)cc2)cc1. The lowest BCUT2D eigenvalue weighted by Gasteiger charge is -2.34. The second-order valence-electron chi connectivity index (χ2n) is 16.1. The number of benzene rings is 10. The van der Waals surface area contributed by atoms with Crippen molar-refractivity contribution in [2.75, 3.05) is 0 Å². The Morgan fingerprint density at radius 1 is 0.177 bits per heavy atom. The van der Waals surface area contributed by atoms with E-state index in [0.29, 0.717) is 0 Å². The normalized spacial score (nSPS) is 11.3. The fraction of sp³-hybridized carbons (Fsp3) is 0.0164. The highest BCUT2D eigenvalue weighted by Gasteiger charge is 2.39. The van der Waals surface area contributed by atoms with E-state index in [4.69, 9.17) is 0 Å². The molecule has 0 saturated heterocycles. The van der Waals surface area contributed by atoms with Crippen LogP contribution in [0.2, 0.25) is 0 Å². The number of hydrogen-bond donors (Lipinski definition) is 0. The summed E-state index contributed by atoms with van der Waals surface area (Å²) >= 11 is 0. The Balaban J connectivity index is 1.06. The van der Waals surface area contributed by atoms with E-state index in [0.717, 1.165) is 6.04 Å². The van der Waals surface area contributed by atoms with Gasteiger partial charge in [0.1, 0.15) is 0 Å². The summed E-state index contributed by atoms with van der Waals surface area (Å²) in [6.45, 7) is 0. The number of hydrogen-bond acceptors (Lipinski definition) is 0. The summed E-state index contributed by atoms with van der Waals surface area (Å²) in [7, 11) is -2.70. The van der Waals surface area contributed by atoms with Gasteiger partial charge in [0.15, 0.2) is 8.07 Å². The predicted octanol–water partition coefficient (Wildman–Crippen LogP) is 13.9. The summed E-state index contributed by atoms with van der Waals surface area (Å²) in [5.74, 6) is 0. The predicted molar refractivity (Wildman–Crippen MR) is 267 cm³/mol. The van der Waals surface area contributed by atoms with E-state index in [1.54, 1.807) is 0 Å². The van der Waals surface area contributed by atoms with Crippen LogP contribution >= 0.6 is 0 Å². The standard InChI is InChI=1S/C61H46Si/c1-5-13-46(14-6-1)45-62(59-39-33-56(34-40-59)53-27-21-50(22-28-53)47-15-7-2-8-16-47,60-41-35-57(36-42-60)54-29-23-51(24-30-54)48-17-9-3-10-18-48)61-43-37-58(38-44-61)55-31-25-52(26-32-55)49-19-11-4-12-20-49/h1-44H,45H2. The van der Waals surface area contributed by atoms with Gasteiger partial charge in [-0.05, 0) is 93.9 Å². The van der Waals surface area contributed by atoms with Crippen LogP contribution < -0.4 is 15.6 Å².